The predicted molar refractivity (Wildman–Crippen MR) is 90.1 cm³/mol. The van der Waals surface area contributed by atoms with E-state index in [0.717, 1.165) is 30.2 Å². The van der Waals surface area contributed by atoms with Crippen LogP contribution in [-0.2, 0) is 6.42 Å². The number of nitrogens with one attached hydrogen (secondary N) is 1. The van der Waals surface area contributed by atoms with Crippen molar-refractivity contribution in [2.24, 2.45) is 0 Å². The molecule has 0 aliphatic carbocycles. The van der Waals surface area contributed by atoms with Gasteiger partial charge >= 0.3 is 0 Å². The molecule has 2 aromatic rings. The molecule has 1 unspecified atom stereocenters. The van der Waals surface area contributed by atoms with Gasteiger partial charge in [0.1, 0.15) is 0 Å². The van der Waals surface area contributed by atoms with Crippen LogP contribution in [0.5, 0.6) is 0 Å². The second-order valence-electron chi connectivity index (χ2n) is 4.59. The number of hydrogen-bond acceptors (Lipinski definition) is 4. The summed E-state index contributed by atoms with van der Waals surface area (Å²) in [5, 5.41) is 4.42. The Bertz CT molecular complexity index is 502. The van der Waals surface area contributed by atoms with Gasteiger partial charge in [-0.2, -0.15) is 0 Å². The number of halogens is 1. The van der Waals surface area contributed by atoms with Crippen LogP contribution in [0, 0.1) is 0 Å². The first-order valence-corrected chi connectivity index (χ1v) is 9.01. The molecular weight excluding hydrogens is 308 g/mol. The van der Waals surface area contributed by atoms with Gasteiger partial charge in [-0.1, -0.05) is 24.6 Å². The Kier molecular flexibility index (Phi) is 6.87. The van der Waals surface area contributed by atoms with E-state index in [9.17, 15) is 0 Å². The predicted octanol–water partition coefficient (Wildman–Crippen LogP) is 4.50. The summed E-state index contributed by atoms with van der Waals surface area (Å²) in [6.07, 6.45) is 4.16. The lowest BCUT2D eigenvalue weighted by atomic mass is 10.2. The number of thioether (sulfide) groups is 1. The molecule has 0 saturated carbocycles. The highest BCUT2D eigenvalue weighted by atomic mass is 35.5. The largest absolute Gasteiger partial charge is 0.313 e. The molecule has 0 radical (unpaired) electrons. The molecule has 0 aliphatic heterocycles. The third-order valence-electron chi connectivity index (χ3n) is 2.86. The van der Waals surface area contributed by atoms with Crippen molar-refractivity contribution in [2.75, 3.05) is 12.3 Å². The number of aromatic nitrogens is 1. The Labute approximate surface area is 134 Å². The maximum atomic E-state index is 6.02. The molecule has 0 aliphatic rings. The minimum Gasteiger partial charge on any atom is -0.313 e. The maximum absolute atomic E-state index is 6.02. The Morgan fingerprint density at radius 2 is 2.35 bits per heavy atom. The van der Waals surface area contributed by atoms with Crippen molar-refractivity contribution in [3.05, 3.63) is 45.9 Å². The normalized spacial score (nSPS) is 12.5. The maximum Gasteiger partial charge on any atom is 0.0794 e. The smallest absolute Gasteiger partial charge is 0.0794 e. The van der Waals surface area contributed by atoms with Crippen LogP contribution in [0.4, 0.5) is 0 Å². The molecule has 1 N–H and O–H groups in total. The monoisotopic (exact) mass is 326 g/mol. The molecule has 0 bridgehead atoms. The quantitative estimate of drug-likeness (QED) is 0.723. The van der Waals surface area contributed by atoms with Crippen molar-refractivity contribution in [1.29, 1.82) is 0 Å². The van der Waals surface area contributed by atoms with E-state index in [2.05, 4.69) is 23.3 Å². The summed E-state index contributed by atoms with van der Waals surface area (Å²) in [6, 6.07) is 8.52. The SMILES string of the molecule is CCCNC(CSc1cccc(Cl)c1)Cc1cncs1. The van der Waals surface area contributed by atoms with E-state index in [4.69, 9.17) is 11.6 Å². The molecule has 0 amide bonds. The van der Waals surface area contributed by atoms with Crippen LogP contribution in [0.2, 0.25) is 5.02 Å². The first-order chi connectivity index (χ1) is 9.78. The molecule has 0 fully saturated rings. The van der Waals surface area contributed by atoms with Crippen molar-refractivity contribution in [3.8, 4) is 0 Å². The van der Waals surface area contributed by atoms with Gasteiger partial charge in [-0.25, -0.2) is 0 Å². The van der Waals surface area contributed by atoms with E-state index in [0.29, 0.717) is 6.04 Å². The number of thiazole rings is 1. The van der Waals surface area contributed by atoms with Crippen LogP contribution in [0.15, 0.2) is 40.9 Å². The topological polar surface area (TPSA) is 24.9 Å². The van der Waals surface area contributed by atoms with Crippen molar-refractivity contribution in [2.45, 2.75) is 30.7 Å². The van der Waals surface area contributed by atoms with Crippen molar-refractivity contribution in [1.82, 2.24) is 10.3 Å². The fourth-order valence-corrected chi connectivity index (χ4v) is 3.82. The molecule has 20 heavy (non-hydrogen) atoms. The number of nitrogens with zero attached hydrogens (tertiary/aromatic N) is 1. The average molecular weight is 327 g/mol. The van der Waals surface area contributed by atoms with Gasteiger partial charge in [0.05, 0.1) is 5.51 Å². The molecule has 1 atom stereocenters. The number of rotatable bonds is 8. The summed E-state index contributed by atoms with van der Waals surface area (Å²) in [7, 11) is 0. The van der Waals surface area contributed by atoms with Crippen LogP contribution in [0.25, 0.3) is 0 Å². The van der Waals surface area contributed by atoms with E-state index < -0.39 is 0 Å². The number of benzene rings is 1. The van der Waals surface area contributed by atoms with Crippen molar-refractivity contribution < 1.29 is 0 Å². The summed E-state index contributed by atoms with van der Waals surface area (Å²) in [4.78, 5) is 6.72. The molecular formula is C15H19ClN2S2. The Morgan fingerprint density at radius 1 is 1.45 bits per heavy atom. The Balaban J connectivity index is 1.89. The third-order valence-corrected chi connectivity index (χ3v) is 5.05. The molecule has 1 heterocycles. The van der Waals surface area contributed by atoms with E-state index in [1.54, 1.807) is 11.3 Å². The highest BCUT2D eigenvalue weighted by Crippen LogP contribution is 2.23. The zero-order valence-corrected chi connectivity index (χ0v) is 13.9. The Hall–Kier alpha value is -0.550. The van der Waals surface area contributed by atoms with Crippen LogP contribution in [0.3, 0.4) is 0 Å². The first kappa shape index (κ1) is 15.8. The first-order valence-electron chi connectivity index (χ1n) is 6.77. The van der Waals surface area contributed by atoms with Crippen molar-refractivity contribution in [3.63, 3.8) is 0 Å². The summed E-state index contributed by atoms with van der Waals surface area (Å²) in [5.41, 5.74) is 1.90. The summed E-state index contributed by atoms with van der Waals surface area (Å²) >= 11 is 9.60. The molecule has 0 saturated heterocycles. The standard InChI is InChI=1S/C15H19ClN2S2/c1-2-6-18-13(8-15-9-17-11-20-15)10-19-14-5-3-4-12(16)7-14/h3-5,7,9,11,13,18H,2,6,8,10H2,1H3. The van der Waals surface area contributed by atoms with E-state index >= 15 is 0 Å². The highest BCUT2D eigenvalue weighted by Gasteiger charge is 2.10. The zero-order chi connectivity index (χ0) is 14.2. The second kappa shape index (κ2) is 8.67. The van der Waals surface area contributed by atoms with Crippen LogP contribution >= 0.6 is 34.7 Å². The number of hydrogen-bond donors (Lipinski definition) is 1. The van der Waals surface area contributed by atoms with Gasteiger partial charge < -0.3 is 5.32 Å². The molecule has 1 aromatic heterocycles. The minimum atomic E-state index is 0.472. The van der Waals surface area contributed by atoms with Gasteiger partial charge in [0, 0.05) is 32.8 Å². The van der Waals surface area contributed by atoms with Gasteiger partial charge in [0.2, 0.25) is 0 Å². The van der Waals surface area contributed by atoms with Gasteiger partial charge in [-0.15, -0.1) is 23.1 Å². The second-order valence-corrected chi connectivity index (χ2v) is 7.09. The van der Waals surface area contributed by atoms with Gasteiger partial charge in [0.15, 0.2) is 0 Å². The summed E-state index contributed by atoms with van der Waals surface area (Å²) in [6.45, 7) is 3.25. The average Bonchev–Trinajstić information content (AvgIpc) is 2.95. The van der Waals surface area contributed by atoms with Crippen LogP contribution in [-0.4, -0.2) is 23.3 Å². The minimum absolute atomic E-state index is 0.472. The van der Waals surface area contributed by atoms with Crippen LogP contribution in [0.1, 0.15) is 18.2 Å². The molecule has 2 nitrogen and oxygen atoms in total. The lowest BCUT2D eigenvalue weighted by Gasteiger charge is -2.17. The fourth-order valence-electron chi connectivity index (χ4n) is 1.88. The van der Waals surface area contributed by atoms with E-state index in [-0.39, 0.29) is 0 Å². The lowest BCUT2D eigenvalue weighted by molar-refractivity contribution is 0.553. The van der Waals surface area contributed by atoms with E-state index in [1.807, 2.05) is 41.7 Å². The van der Waals surface area contributed by atoms with Crippen LogP contribution < -0.4 is 5.32 Å². The molecule has 5 heteroatoms. The van der Waals surface area contributed by atoms with E-state index in [1.165, 1.54) is 9.77 Å². The van der Waals surface area contributed by atoms with Gasteiger partial charge in [0.25, 0.3) is 0 Å². The summed E-state index contributed by atoms with van der Waals surface area (Å²) in [5.74, 6) is 1.04. The Morgan fingerprint density at radius 3 is 3.05 bits per heavy atom. The lowest BCUT2D eigenvalue weighted by Crippen LogP contribution is -2.33. The third kappa shape index (κ3) is 5.44. The molecule has 1 aromatic carbocycles. The van der Waals surface area contributed by atoms with Gasteiger partial charge in [-0.05, 0) is 37.6 Å². The van der Waals surface area contributed by atoms with Gasteiger partial charge in [-0.3, -0.25) is 4.98 Å². The fraction of sp³-hybridized carbons (Fsp3) is 0.400. The van der Waals surface area contributed by atoms with Crippen molar-refractivity contribution >= 4 is 34.7 Å². The molecule has 0 spiro atoms. The highest BCUT2D eigenvalue weighted by molar-refractivity contribution is 7.99. The zero-order valence-electron chi connectivity index (χ0n) is 11.5. The molecule has 108 valence electrons. The summed E-state index contributed by atoms with van der Waals surface area (Å²) < 4.78 is 0. The molecule has 2 rings (SSSR count).